The summed E-state index contributed by atoms with van der Waals surface area (Å²) in [7, 11) is 0. The van der Waals surface area contributed by atoms with E-state index < -0.39 is 0 Å². The fourth-order valence-electron chi connectivity index (χ4n) is 2.64. The molecule has 1 fully saturated rings. The van der Waals surface area contributed by atoms with Gasteiger partial charge in [-0.3, -0.25) is 0 Å². The Labute approximate surface area is 122 Å². The van der Waals surface area contributed by atoms with Crippen LogP contribution in [0.25, 0.3) is 10.9 Å². The predicted molar refractivity (Wildman–Crippen MR) is 81.5 cm³/mol. The molecule has 19 heavy (non-hydrogen) atoms. The van der Waals surface area contributed by atoms with Gasteiger partial charge in [0.15, 0.2) is 0 Å². The average Bonchev–Trinajstić information content (AvgIpc) is 2.83. The summed E-state index contributed by atoms with van der Waals surface area (Å²) in [6, 6.07) is 9.23. The molecule has 1 N–H and O–H groups in total. The number of ether oxygens (including phenoxy) is 1. The van der Waals surface area contributed by atoms with Crippen molar-refractivity contribution >= 4 is 26.8 Å². The summed E-state index contributed by atoms with van der Waals surface area (Å²) in [6.07, 6.45) is 4.44. The standard InChI is InChI=1S/C15H19BrN2O/c16-13-2-1-12-3-7-18(15(12)11-13)8-6-17-14-4-9-19-10-5-14/h1-3,7,11,14,17H,4-6,8-10H2. The number of halogens is 1. The SMILES string of the molecule is Brc1ccc2ccn(CCNC3CCOCC3)c2c1. The van der Waals surface area contributed by atoms with Crippen LogP contribution >= 0.6 is 15.9 Å². The van der Waals surface area contributed by atoms with Gasteiger partial charge >= 0.3 is 0 Å². The molecule has 2 heterocycles. The van der Waals surface area contributed by atoms with Crippen LogP contribution in [-0.2, 0) is 11.3 Å². The van der Waals surface area contributed by atoms with E-state index in [1.165, 1.54) is 10.9 Å². The average molecular weight is 323 g/mol. The van der Waals surface area contributed by atoms with Crippen molar-refractivity contribution in [1.82, 2.24) is 9.88 Å². The number of fused-ring (bicyclic) bond motifs is 1. The maximum absolute atomic E-state index is 5.37. The van der Waals surface area contributed by atoms with E-state index in [0.717, 1.165) is 43.6 Å². The molecule has 0 bridgehead atoms. The first-order chi connectivity index (χ1) is 9.33. The summed E-state index contributed by atoms with van der Waals surface area (Å²) in [6.45, 7) is 3.83. The van der Waals surface area contributed by atoms with Gasteiger partial charge in [-0.15, -0.1) is 0 Å². The lowest BCUT2D eigenvalue weighted by molar-refractivity contribution is 0.0779. The largest absolute Gasteiger partial charge is 0.381 e. The Bertz CT molecular complexity index is 546. The number of hydrogen-bond acceptors (Lipinski definition) is 2. The molecule has 3 nitrogen and oxygen atoms in total. The van der Waals surface area contributed by atoms with Gasteiger partial charge in [-0.05, 0) is 36.4 Å². The first-order valence-corrected chi connectivity index (χ1v) is 7.68. The number of aromatic nitrogens is 1. The van der Waals surface area contributed by atoms with Crippen LogP contribution in [0.15, 0.2) is 34.9 Å². The van der Waals surface area contributed by atoms with Crippen molar-refractivity contribution < 1.29 is 4.74 Å². The Hall–Kier alpha value is -0.840. The molecule has 0 amide bonds. The normalized spacial score (nSPS) is 17.1. The van der Waals surface area contributed by atoms with Crippen LogP contribution in [0, 0.1) is 0 Å². The first-order valence-electron chi connectivity index (χ1n) is 6.88. The number of hydrogen-bond donors (Lipinski definition) is 1. The molecule has 102 valence electrons. The van der Waals surface area contributed by atoms with Gasteiger partial charge in [0.25, 0.3) is 0 Å². The van der Waals surface area contributed by atoms with Gasteiger partial charge < -0.3 is 14.6 Å². The molecular formula is C15H19BrN2O. The molecule has 1 aromatic carbocycles. The highest BCUT2D eigenvalue weighted by Gasteiger charge is 2.12. The molecule has 0 aliphatic carbocycles. The molecule has 1 saturated heterocycles. The van der Waals surface area contributed by atoms with E-state index in [1.807, 2.05) is 0 Å². The minimum absolute atomic E-state index is 0.627. The van der Waals surface area contributed by atoms with Crippen LogP contribution in [0.1, 0.15) is 12.8 Å². The second kappa shape index (κ2) is 6.07. The molecule has 0 radical (unpaired) electrons. The molecule has 1 aromatic heterocycles. The molecule has 1 aliphatic heterocycles. The van der Waals surface area contributed by atoms with Crippen LogP contribution in [-0.4, -0.2) is 30.4 Å². The van der Waals surface area contributed by atoms with Gasteiger partial charge in [-0.2, -0.15) is 0 Å². The Balaban J connectivity index is 1.60. The number of rotatable bonds is 4. The summed E-state index contributed by atoms with van der Waals surface area (Å²) in [5.74, 6) is 0. The van der Waals surface area contributed by atoms with Gasteiger partial charge in [0.05, 0.1) is 0 Å². The van der Waals surface area contributed by atoms with E-state index in [0.29, 0.717) is 6.04 Å². The zero-order valence-corrected chi connectivity index (χ0v) is 12.5. The highest BCUT2D eigenvalue weighted by atomic mass is 79.9. The molecule has 4 heteroatoms. The molecule has 0 saturated carbocycles. The minimum atomic E-state index is 0.627. The molecular weight excluding hydrogens is 304 g/mol. The Kier molecular flexibility index (Phi) is 4.21. The summed E-state index contributed by atoms with van der Waals surface area (Å²) < 4.78 is 8.82. The zero-order chi connectivity index (χ0) is 13.1. The van der Waals surface area contributed by atoms with Crippen molar-refractivity contribution in [3.63, 3.8) is 0 Å². The van der Waals surface area contributed by atoms with E-state index in [1.54, 1.807) is 0 Å². The summed E-state index contributed by atoms with van der Waals surface area (Å²) in [5, 5.41) is 4.93. The van der Waals surface area contributed by atoms with Crippen molar-refractivity contribution in [1.29, 1.82) is 0 Å². The van der Waals surface area contributed by atoms with E-state index in [9.17, 15) is 0 Å². The van der Waals surface area contributed by atoms with Gasteiger partial charge in [0, 0.05) is 48.5 Å². The monoisotopic (exact) mass is 322 g/mol. The minimum Gasteiger partial charge on any atom is -0.381 e. The van der Waals surface area contributed by atoms with Gasteiger partial charge in [0.1, 0.15) is 0 Å². The van der Waals surface area contributed by atoms with E-state index in [4.69, 9.17) is 4.74 Å². The van der Waals surface area contributed by atoms with E-state index in [-0.39, 0.29) is 0 Å². The van der Waals surface area contributed by atoms with Crippen LogP contribution in [0.3, 0.4) is 0 Å². The zero-order valence-electron chi connectivity index (χ0n) is 10.9. The molecule has 0 atom stereocenters. The van der Waals surface area contributed by atoms with E-state index >= 15 is 0 Å². The fraction of sp³-hybridized carbons (Fsp3) is 0.467. The van der Waals surface area contributed by atoms with Crippen LogP contribution in [0.4, 0.5) is 0 Å². The molecule has 0 unspecified atom stereocenters. The van der Waals surface area contributed by atoms with Crippen LogP contribution in [0.5, 0.6) is 0 Å². The smallest absolute Gasteiger partial charge is 0.0492 e. The third-order valence-corrected chi connectivity index (χ3v) is 4.24. The van der Waals surface area contributed by atoms with Crippen LogP contribution < -0.4 is 5.32 Å². The number of nitrogens with one attached hydrogen (secondary N) is 1. The van der Waals surface area contributed by atoms with Crippen molar-refractivity contribution in [3.05, 3.63) is 34.9 Å². The predicted octanol–water partition coefficient (Wildman–Crippen LogP) is 3.17. The number of benzene rings is 1. The third-order valence-electron chi connectivity index (χ3n) is 3.74. The quantitative estimate of drug-likeness (QED) is 0.935. The third kappa shape index (κ3) is 3.19. The fourth-order valence-corrected chi connectivity index (χ4v) is 2.99. The van der Waals surface area contributed by atoms with E-state index in [2.05, 4.69) is 56.3 Å². The second-order valence-corrected chi connectivity index (χ2v) is 5.97. The maximum Gasteiger partial charge on any atom is 0.0492 e. The first kappa shape index (κ1) is 13.2. The second-order valence-electron chi connectivity index (χ2n) is 5.05. The lowest BCUT2D eigenvalue weighted by Gasteiger charge is -2.23. The van der Waals surface area contributed by atoms with Crippen molar-refractivity contribution in [3.8, 4) is 0 Å². The highest BCUT2D eigenvalue weighted by molar-refractivity contribution is 9.10. The lowest BCUT2D eigenvalue weighted by atomic mass is 10.1. The molecule has 0 spiro atoms. The molecule has 1 aliphatic rings. The summed E-state index contributed by atoms with van der Waals surface area (Å²) in [4.78, 5) is 0. The molecule has 3 rings (SSSR count). The Morgan fingerprint density at radius 3 is 2.95 bits per heavy atom. The summed E-state index contributed by atoms with van der Waals surface area (Å²) >= 11 is 3.54. The van der Waals surface area contributed by atoms with Crippen molar-refractivity contribution in [2.75, 3.05) is 19.8 Å². The van der Waals surface area contributed by atoms with Crippen LogP contribution in [0.2, 0.25) is 0 Å². The van der Waals surface area contributed by atoms with Gasteiger partial charge in [-0.25, -0.2) is 0 Å². The molecule has 2 aromatic rings. The van der Waals surface area contributed by atoms with Crippen molar-refractivity contribution in [2.45, 2.75) is 25.4 Å². The maximum atomic E-state index is 5.37. The number of nitrogens with zero attached hydrogens (tertiary/aromatic N) is 1. The topological polar surface area (TPSA) is 26.2 Å². The van der Waals surface area contributed by atoms with Crippen molar-refractivity contribution in [2.24, 2.45) is 0 Å². The highest BCUT2D eigenvalue weighted by Crippen LogP contribution is 2.20. The Morgan fingerprint density at radius 1 is 1.26 bits per heavy atom. The Morgan fingerprint density at radius 2 is 2.11 bits per heavy atom. The lowest BCUT2D eigenvalue weighted by Crippen LogP contribution is -2.36. The van der Waals surface area contributed by atoms with Gasteiger partial charge in [-0.1, -0.05) is 22.0 Å². The van der Waals surface area contributed by atoms with Gasteiger partial charge in [0.2, 0.25) is 0 Å². The summed E-state index contributed by atoms with van der Waals surface area (Å²) in [5.41, 5.74) is 1.29.